The highest BCUT2D eigenvalue weighted by Crippen LogP contribution is 2.19. The molecule has 1 atom stereocenters. The molecule has 12 nitrogen and oxygen atoms in total. The molecule has 1 heterocycles. The second kappa shape index (κ2) is 11.9. The fourth-order valence-electron chi connectivity index (χ4n) is 2.81. The van der Waals surface area contributed by atoms with Crippen LogP contribution in [0.25, 0.3) is 0 Å². The van der Waals surface area contributed by atoms with E-state index in [1.165, 1.54) is 12.4 Å². The number of benzene rings is 1. The Kier molecular flexibility index (Phi) is 8.97. The van der Waals surface area contributed by atoms with Gasteiger partial charge in [-0.15, -0.1) is 0 Å². The summed E-state index contributed by atoms with van der Waals surface area (Å²) < 4.78 is 9.47. The molecular weight excluding hydrogens is 436 g/mol. The summed E-state index contributed by atoms with van der Waals surface area (Å²) in [5.74, 6) is -2.83. The lowest BCUT2D eigenvalue weighted by Crippen LogP contribution is -2.39. The Morgan fingerprint density at radius 1 is 1.18 bits per heavy atom. The van der Waals surface area contributed by atoms with Crippen molar-refractivity contribution in [1.29, 1.82) is 0 Å². The van der Waals surface area contributed by atoms with E-state index in [0.29, 0.717) is 5.56 Å². The number of carbonyl (C=O) groups excluding carboxylic acids is 4. The van der Waals surface area contributed by atoms with Crippen LogP contribution in [-0.4, -0.2) is 53.9 Å². The molecule has 0 saturated carbocycles. The highest BCUT2D eigenvalue weighted by molar-refractivity contribution is 6.00. The number of nitrogens with one attached hydrogen (secondary N) is 2. The number of hydrogen-bond donors (Lipinski definition) is 2. The molecule has 2 amide bonds. The van der Waals surface area contributed by atoms with Crippen molar-refractivity contribution in [2.24, 2.45) is 0 Å². The highest BCUT2D eigenvalue weighted by Gasteiger charge is 2.21. The van der Waals surface area contributed by atoms with Gasteiger partial charge in [-0.2, -0.15) is 0 Å². The Morgan fingerprint density at radius 2 is 1.91 bits per heavy atom. The van der Waals surface area contributed by atoms with Crippen molar-refractivity contribution >= 4 is 29.4 Å². The number of methoxy groups -OCH3 is 1. The minimum atomic E-state index is -0.858. The average molecular weight is 458 g/mol. The number of nitrogens with zero attached hydrogens (tertiary/aromatic N) is 2. The van der Waals surface area contributed by atoms with Gasteiger partial charge in [0.1, 0.15) is 0 Å². The maximum absolute atomic E-state index is 12.5. The van der Waals surface area contributed by atoms with Gasteiger partial charge in [0.2, 0.25) is 5.91 Å². The number of nitro benzene ring substituents is 1. The highest BCUT2D eigenvalue weighted by atomic mass is 16.6. The molecule has 0 fully saturated rings. The molecule has 1 aromatic heterocycles. The van der Waals surface area contributed by atoms with E-state index in [1.807, 2.05) is 0 Å². The average Bonchev–Trinajstić information content (AvgIpc) is 2.81. The van der Waals surface area contributed by atoms with Crippen LogP contribution < -0.4 is 10.6 Å². The van der Waals surface area contributed by atoms with Crippen LogP contribution in [0.1, 0.15) is 45.7 Å². The molecule has 2 N–H and O–H groups in total. The van der Waals surface area contributed by atoms with Crippen molar-refractivity contribution in [2.45, 2.75) is 19.4 Å². The number of carbonyl (C=O) groups is 4. The van der Waals surface area contributed by atoms with Crippen molar-refractivity contribution in [2.75, 3.05) is 20.3 Å². The number of ether oxygens (including phenoxy) is 2. The van der Waals surface area contributed by atoms with Crippen molar-refractivity contribution in [3.8, 4) is 0 Å². The van der Waals surface area contributed by atoms with Crippen molar-refractivity contribution < 1.29 is 33.6 Å². The number of hydrogen-bond acceptors (Lipinski definition) is 9. The smallest absolute Gasteiger partial charge is 0.338 e. The fourth-order valence-corrected chi connectivity index (χ4v) is 2.81. The zero-order valence-corrected chi connectivity index (χ0v) is 17.9. The molecule has 1 unspecified atom stereocenters. The number of pyridine rings is 1. The number of esters is 2. The molecule has 174 valence electrons. The molecule has 12 heteroatoms. The predicted octanol–water partition coefficient (Wildman–Crippen LogP) is 1.32. The van der Waals surface area contributed by atoms with Crippen LogP contribution in [0.5, 0.6) is 0 Å². The van der Waals surface area contributed by atoms with Crippen molar-refractivity contribution in [3.63, 3.8) is 0 Å². The summed E-state index contributed by atoms with van der Waals surface area (Å²) in [6.45, 7) is 1.35. The van der Waals surface area contributed by atoms with Crippen LogP contribution in [0.15, 0.2) is 42.7 Å². The number of nitro groups is 1. The summed E-state index contributed by atoms with van der Waals surface area (Å²) in [7, 11) is 1.10. The maximum Gasteiger partial charge on any atom is 0.338 e. The van der Waals surface area contributed by atoms with Crippen LogP contribution in [0, 0.1) is 10.1 Å². The van der Waals surface area contributed by atoms with Gasteiger partial charge in [0.15, 0.2) is 0 Å². The largest absolute Gasteiger partial charge is 0.466 e. The molecule has 0 aliphatic carbocycles. The molecule has 0 aliphatic heterocycles. The lowest BCUT2D eigenvalue weighted by atomic mass is 10.1. The summed E-state index contributed by atoms with van der Waals surface area (Å²) in [6, 6.07) is 5.63. The van der Waals surface area contributed by atoms with Gasteiger partial charge < -0.3 is 20.1 Å². The molecule has 0 aliphatic rings. The van der Waals surface area contributed by atoms with Gasteiger partial charge in [0.05, 0.1) is 43.2 Å². The van der Waals surface area contributed by atoms with Gasteiger partial charge in [-0.3, -0.25) is 29.5 Å². The first-order chi connectivity index (χ1) is 15.7. The first-order valence-corrected chi connectivity index (χ1v) is 9.76. The zero-order valence-electron chi connectivity index (χ0n) is 17.9. The minimum absolute atomic E-state index is 0.146. The Morgan fingerprint density at radius 3 is 2.52 bits per heavy atom. The Balaban J connectivity index is 2.09. The van der Waals surface area contributed by atoms with Gasteiger partial charge >= 0.3 is 11.9 Å². The second-order valence-electron chi connectivity index (χ2n) is 6.62. The van der Waals surface area contributed by atoms with Gasteiger partial charge in [-0.25, -0.2) is 4.79 Å². The van der Waals surface area contributed by atoms with E-state index in [9.17, 15) is 29.3 Å². The maximum atomic E-state index is 12.5. The van der Waals surface area contributed by atoms with E-state index in [-0.39, 0.29) is 24.2 Å². The lowest BCUT2D eigenvalue weighted by molar-refractivity contribution is -0.384. The second-order valence-corrected chi connectivity index (χ2v) is 6.62. The summed E-state index contributed by atoms with van der Waals surface area (Å²) in [4.78, 5) is 62.8. The first-order valence-electron chi connectivity index (χ1n) is 9.76. The van der Waals surface area contributed by atoms with Gasteiger partial charge in [0, 0.05) is 30.1 Å². The molecule has 1 aromatic carbocycles. The summed E-state index contributed by atoms with van der Waals surface area (Å²) in [6.07, 6.45) is 2.88. The number of aromatic nitrogens is 1. The van der Waals surface area contributed by atoms with Gasteiger partial charge in [-0.05, 0) is 24.6 Å². The molecule has 2 rings (SSSR count). The Bertz CT molecular complexity index is 1040. The van der Waals surface area contributed by atoms with E-state index in [1.54, 1.807) is 19.1 Å². The molecular formula is C21H22N4O8. The topological polar surface area (TPSA) is 167 Å². The standard InChI is InChI=1S/C21H22N4O8/c1-3-33-19(27)10-17(13-5-4-6-22-11-13)24-18(26)12-23-20(28)14-7-15(21(29)32-2)9-16(8-14)25(30)31/h4-9,11,17H,3,10,12H2,1-2H3,(H,23,28)(H,24,26). The third-order valence-electron chi connectivity index (χ3n) is 4.32. The predicted molar refractivity (Wildman–Crippen MR) is 113 cm³/mol. The van der Waals surface area contributed by atoms with Crippen LogP contribution in [-0.2, 0) is 19.1 Å². The molecule has 0 spiro atoms. The normalized spacial score (nSPS) is 11.1. The van der Waals surface area contributed by atoms with Crippen LogP contribution in [0.2, 0.25) is 0 Å². The Hall–Kier alpha value is -4.35. The molecule has 0 bridgehead atoms. The van der Waals surface area contributed by atoms with E-state index in [0.717, 1.165) is 25.3 Å². The van der Waals surface area contributed by atoms with E-state index >= 15 is 0 Å². The number of rotatable bonds is 10. The van der Waals surface area contributed by atoms with Gasteiger partial charge in [-0.1, -0.05) is 6.07 Å². The quantitative estimate of drug-likeness (QED) is 0.303. The molecule has 0 radical (unpaired) electrons. The molecule has 0 saturated heterocycles. The third-order valence-corrected chi connectivity index (χ3v) is 4.32. The van der Waals surface area contributed by atoms with E-state index < -0.39 is 47.0 Å². The summed E-state index contributed by atoms with van der Waals surface area (Å²) in [5, 5.41) is 16.1. The van der Waals surface area contributed by atoms with Crippen LogP contribution in [0.3, 0.4) is 0 Å². The van der Waals surface area contributed by atoms with E-state index in [4.69, 9.17) is 4.74 Å². The van der Waals surface area contributed by atoms with Crippen molar-refractivity contribution in [1.82, 2.24) is 15.6 Å². The molecule has 33 heavy (non-hydrogen) atoms. The Labute approximate surface area is 188 Å². The third kappa shape index (κ3) is 7.38. The first kappa shape index (κ1) is 24.9. The van der Waals surface area contributed by atoms with Crippen molar-refractivity contribution in [3.05, 3.63) is 69.5 Å². The summed E-state index contributed by atoms with van der Waals surface area (Å²) >= 11 is 0. The van der Waals surface area contributed by atoms with E-state index in [2.05, 4.69) is 20.4 Å². The van der Waals surface area contributed by atoms with Crippen LogP contribution in [0.4, 0.5) is 5.69 Å². The molecule has 2 aromatic rings. The minimum Gasteiger partial charge on any atom is -0.466 e. The summed E-state index contributed by atoms with van der Waals surface area (Å²) in [5.41, 5.74) is -0.315. The zero-order chi connectivity index (χ0) is 24.4. The van der Waals surface area contributed by atoms with Crippen LogP contribution >= 0.6 is 0 Å². The van der Waals surface area contributed by atoms with Gasteiger partial charge in [0.25, 0.3) is 11.6 Å². The fraction of sp³-hybridized carbons (Fsp3) is 0.286. The number of non-ortho nitro benzene ring substituents is 1. The SMILES string of the molecule is CCOC(=O)CC(NC(=O)CNC(=O)c1cc(C(=O)OC)cc([N+](=O)[O-])c1)c1cccnc1. The number of amides is 2. The lowest BCUT2D eigenvalue weighted by Gasteiger charge is -2.18. The monoisotopic (exact) mass is 458 g/mol.